The average molecular weight is 292 g/mol. The molecule has 0 aliphatic carbocycles. The molecular weight excluding hydrogens is 268 g/mol. The van der Waals surface area contributed by atoms with Crippen molar-refractivity contribution < 1.29 is 18.9 Å². The standard InChI is InChI=1S/C17H24O4/c1-14-10-17(20-13-18-2)11-16(21-14)8-9-19-12-15-6-4-3-5-7-15/h3-7,10,16-17H,8-9,11-13H2,1-2H3/t16-,17+/m1/s1. The summed E-state index contributed by atoms with van der Waals surface area (Å²) in [4.78, 5) is 0. The van der Waals surface area contributed by atoms with Gasteiger partial charge in [0.2, 0.25) is 0 Å². The minimum Gasteiger partial charge on any atom is -0.495 e. The van der Waals surface area contributed by atoms with Crippen molar-refractivity contribution >= 4 is 0 Å². The quantitative estimate of drug-likeness (QED) is 0.544. The lowest BCUT2D eigenvalue weighted by molar-refractivity contribution is -0.0816. The molecule has 1 aromatic rings. The van der Waals surface area contributed by atoms with Crippen LogP contribution in [0.15, 0.2) is 42.2 Å². The second-order valence-electron chi connectivity index (χ2n) is 5.19. The third-order valence-electron chi connectivity index (χ3n) is 3.36. The van der Waals surface area contributed by atoms with E-state index >= 15 is 0 Å². The summed E-state index contributed by atoms with van der Waals surface area (Å²) < 4.78 is 22.1. The van der Waals surface area contributed by atoms with Gasteiger partial charge in [-0.1, -0.05) is 30.3 Å². The van der Waals surface area contributed by atoms with Crippen molar-refractivity contribution in [3.63, 3.8) is 0 Å². The van der Waals surface area contributed by atoms with Gasteiger partial charge in [-0.25, -0.2) is 0 Å². The minimum absolute atomic E-state index is 0.0674. The summed E-state index contributed by atoms with van der Waals surface area (Å²) in [5.41, 5.74) is 1.19. The van der Waals surface area contributed by atoms with Crippen LogP contribution in [0.4, 0.5) is 0 Å². The Kier molecular flexibility index (Phi) is 6.73. The molecule has 4 nitrogen and oxygen atoms in total. The van der Waals surface area contributed by atoms with Crippen LogP contribution in [0, 0.1) is 0 Å². The van der Waals surface area contributed by atoms with Gasteiger partial charge in [0.15, 0.2) is 0 Å². The molecule has 116 valence electrons. The highest BCUT2D eigenvalue weighted by atomic mass is 16.7. The van der Waals surface area contributed by atoms with Gasteiger partial charge < -0.3 is 18.9 Å². The van der Waals surface area contributed by atoms with Crippen LogP contribution in [-0.4, -0.2) is 32.7 Å². The molecule has 0 radical (unpaired) electrons. The van der Waals surface area contributed by atoms with Crippen molar-refractivity contribution in [2.24, 2.45) is 0 Å². The van der Waals surface area contributed by atoms with E-state index in [0.29, 0.717) is 20.0 Å². The first kappa shape index (κ1) is 16.0. The molecular formula is C17H24O4. The van der Waals surface area contributed by atoms with Gasteiger partial charge in [-0.15, -0.1) is 0 Å². The Balaban J connectivity index is 1.67. The maximum atomic E-state index is 5.81. The fourth-order valence-electron chi connectivity index (χ4n) is 2.37. The first-order chi connectivity index (χ1) is 10.3. The van der Waals surface area contributed by atoms with Gasteiger partial charge in [-0.2, -0.15) is 0 Å². The number of methoxy groups -OCH3 is 1. The molecule has 1 heterocycles. The lowest BCUT2D eigenvalue weighted by Gasteiger charge is -2.28. The van der Waals surface area contributed by atoms with E-state index in [1.807, 2.05) is 31.2 Å². The highest BCUT2D eigenvalue weighted by molar-refractivity contribution is 5.13. The Bertz CT molecular complexity index is 430. The van der Waals surface area contributed by atoms with Gasteiger partial charge in [0.05, 0.1) is 25.1 Å². The molecule has 1 aliphatic rings. The van der Waals surface area contributed by atoms with Gasteiger partial charge in [0, 0.05) is 20.0 Å². The van der Waals surface area contributed by atoms with Crippen molar-refractivity contribution in [2.45, 2.75) is 38.6 Å². The fraction of sp³-hybridized carbons (Fsp3) is 0.529. The fourth-order valence-corrected chi connectivity index (χ4v) is 2.37. The van der Waals surface area contributed by atoms with Crippen LogP contribution < -0.4 is 0 Å². The smallest absolute Gasteiger partial charge is 0.147 e. The number of benzene rings is 1. The van der Waals surface area contributed by atoms with Crippen molar-refractivity contribution in [2.75, 3.05) is 20.5 Å². The molecule has 0 spiro atoms. The van der Waals surface area contributed by atoms with Crippen molar-refractivity contribution in [1.82, 2.24) is 0 Å². The maximum Gasteiger partial charge on any atom is 0.147 e. The number of ether oxygens (including phenoxy) is 4. The van der Waals surface area contributed by atoms with Crippen LogP contribution in [0.3, 0.4) is 0 Å². The van der Waals surface area contributed by atoms with E-state index in [1.54, 1.807) is 7.11 Å². The van der Waals surface area contributed by atoms with Crippen molar-refractivity contribution in [1.29, 1.82) is 0 Å². The summed E-state index contributed by atoms with van der Waals surface area (Å²) in [6.45, 7) is 3.60. The molecule has 0 fully saturated rings. The van der Waals surface area contributed by atoms with Gasteiger partial charge in [0.1, 0.15) is 12.9 Å². The SMILES string of the molecule is COCO[C@H]1C=C(C)O[C@H](CCOCc2ccccc2)C1. The molecule has 21 heavy (non-hydrogen) atoms. The third kappa shape index (κ3) is 5.87. The first-order valence-corrected chi connectivity index (χ1v) is 7.35. The summed E-state index contributed by atoms with van der Waals surface area (Å²) in [6.07, 6.45) is 3.92. The first-order valence-electron chi connectivity index (χ1n) is 7.35. The van der Waals surface area contributed by atoms with Crippen LogP contribution in [0.1, 0.15) is 25.3 Å². The molecule has 0 bridgehead atoms. The number of allylic oxidation sites excluding steroid dienone is 1. The van der Waals surface area contributed by atoms with Crippen LogP contribution in [-0.2, 0) is 25.6 Å². The molecule has 1 aromatic carbocycles. The van der Waals surface area contributed by atoms with E-state index in [9.17, 15) is 0 Å². The Morgan fingerprint density at radius 1 is 1.24 bits per heavy atom. The van der Waals surface area contributed by atoms with E-state index in [-0.39, 0.29) is 12.2 Å². The van der Waals surface area contributed by atoms with E-state index in [2.05, 4.69) is 12.1 Å². The molecule has 0 unspecified atom stereocenters. The summed E-state index contributed by atoms with van der Waals surface area (Å²) in [7, 11) is 1.63. The van der Waals surface area contributed by atoms with Gasteiger partial charge in [-0.3, -0.25) is 0 Å². The van der Waals surface area contributed by atoms with Gasteiger partial charge in [-0.05, 0) is 18.6 Å². The van der Waals surface area contributed by atoms with E-state index < -0.39 is 0 Å². The monoisotopic (exact) mass is 292 g/mol. The molecule has 2 rings (SSSR count). The molecule has 1 aliphatic heterocycles. The molecule has 0 N–H and O–H groups in total. The topological polar surface area (TPSA) is 36.9 Å². The largest absolute Gasteiger partial charge is 0.495 e. The Morgan fingerprint density at radius 2 is 2.05 bits per heavy atom. The Labute approximate surface area is 126 Å². The van der Waals surface area contributed by atoms with Crippen LogP contribution in [0.5, 0.6) is 0 Å². The lowest BCUT2D eigenvalue weighted by Crippen LogP contribution is -2.28. The number of hydrogen-bond donors (Lipinski definition) is 0. The highest BCUT2D eigenvalue weighted by Crippen LogP contribution is 2.21. The predicted molar refractivity (Wildman–Crippen MR) is 80.7 cm³/mol. The van der Waals surface area contributed by atoms with Crippen LogP contribution >= 0.6 is 0 Å². The van der Waals surface area contributed by atoms with E-state index in [1.165, 1.54) is 5.56 Å². The van der Waals surface area contributed by atoms with Crippen LogP contribution in [0.2, 0.25) is 0 Å². The summed E-state index contributed by atoms with van der Waals surface area (Å²) in [5.74, 6) is 0.912. The molecule has 0 saturated carbocycles. The second kappa shape index (κ2) is 8.82. The molecule has 0 aromatic heterocycles. The molecule has 0 amide bonds. The average Bonchev–Trinajstić information content (AvgIpc) is 2.50. The lowest BCUT2D eigenvalue weighted by atomic mass is 10.1. The van der Waals surface area contributed by atoms with Crippen molar-refractivity contribution in [3.8, 4) is 0 Å². The van der Waals surface area contributed by atoms with E-state index in [0.717, 1.165) is 18.6 Å². The van der Waals surface area contributed by atoms with Gasteiger partial charge >= 0.3 is 0 Å². The second-order valence-corrected chi connectivity index (χ2v) is 5.19. The summed E-state index contributed by atoms with van der Waals surface area (Å²) in [5, 5.41) is 0. The summed E-state index contributed by atoms with van der Waals surface area (Å²) in [6, 6.07) is 10.2. The molecule has 2 atom stereocenters. The Morgan fingerprint density at radius 3 is 2.81 bits per heavy atom. The zero-order valence-corrected chi connectivity index (χ0v) is 12.8. The van der Waals surface area contributed by atoms with Crippen LogP contribution in [0.25, 0.3) is 0 Å². The number of hydrogen-bond acceptors (Lipinski definition) is 4. The normalized spacial score (nSPS) is 21.7. The summed E-state index contributed by atoms with van der Waals surface area (Å²) >= 11 is 0. The molecule has 4 heteroatoms. The zero-order valence-electron chi connectivity index (χ0n) is 12.8. The third-order valence-corrected chi connectivity index (χ3v) is 3.36. The maximum absolute atomic E-state index is 5.81. The van der Waals surface area contributed by atoms with E-state index in [4.69, 9.17) is 18.9 Å². The zero-order chi connectivity index (χ0) is 14.9. The highest BCUT2D eigenvalue weighted by Gasteiger charge is 2.22. The van der Waals surface area contributed by atoms with Crippen molar-refractivity contribution in [3.05, 3.63) is 47.7 Å². The van der Waals surface area contributed by atoms with Gasteiger partial charge in [0.25, 0.3) is 0 Å². The number of rotatable bonds is 8. The minimum atomic E-state index is 0.0674. The molecule has 0 saturated heterocycles. The Hall–Kier alpha value is -1.36. The predicted octanol–water partition coefficient (Wildman–Crippen LogP) is 3.28.